The maximum Gasteiger partial charge on any atom is 0.239 e. The third-order valence-corrected chi connectivity index (χ3v) is 5.51. The number of hydrogen-bond acceptors (Lipinski definition) is 5. The number of sulfonamides is 1. The van der Waals surface area contributed by atoms with E-state index in [1.807, 2.05) is 18.2 Å². The molecule has 0 aliphatic heterocycles. The van der Waals surface area contributed by atoms with Crippen LogP contribution in [0, 0.1) is 28.6 Å². The van der Waals surface area contributed by atoms with Crippen molar-refractivity contribution in [3.8, 4) is 12.1 Å². The fraction of sp³-hybridized carbons (Fsp3) is 0.211. The number of carbonyl (C=O) groups is 1. The van der Waals surface area contributed by atoms with Crippen LogP contribution in [0.5, 0.6) is 0 Å². The molecule has 3 rings (SSSR count). The Kier molecular flexibility index (Phi) is 4.75. The molecular weight excluding hydrogens is 350 g/mol. The molecule has 0 saturated heterocycles. The number of carbonyl (C=O) groups excluding carboxylic acids is 1. The Hall–Kier alpha value is -3.16. The molecule has 130 valence electrons. The molecule has 0 aromatic heterocycles. The summed E-state index contributed by atoms with van der Waals surface area (Å²) in [6.45, 7) is 0. The molecule has 1 aliphatic rings. The lowest BCUT2D eigenvalue weighted by Crippen LogP contribution is -2.33. The Morgan fingerprint density at radius 1 is 1.12 bits per heavy atom. The second-order valence-electron chi connectivity index (χ2n) is 6.18. The number of amides is 1. The number of nitriles is 2. The third-order valence-electron chi connectivity index (χ3n) is 4.31. The Morgan fingerprint density at radius 3 is 2.62 bits per heavy atom. The van der Waals surface area contributed by atoms with E-state index in [9.17, 15) is 13.2 Å². The van der Waals surface area contributed by atoms with Crippen LogP contribution in [0.1, 0.15) is 34.6 Å². The molecule has 0 radical (unpaired) electrons. The Bertz CT molecular complexity index is 1050. The van der Waals surface area contributed by atoms with Gasteiger partial charge in [-0.15, -0.1) is 0 Å². The normalized spacial score (nSPS) is 18.4. The first-order valence-electron chi connectivity index (χ1n) is 7.96. The highest BCUT2D eigenvalue weighted by molar-refractivity contribution is 7.89. The van der Waals surface area contributed by atoms with E-state index < -0.39 is 27.6 Å². The van der Waals surface area contributed by atoms with E-state index in [-0.39, 0.29) is 11.5 Å². The molecule has 26 heavy (non-hydrogen) atoms. The van der Waals surface area contributed by atoms with E-state index in [1.165, 1.54) is 6.07 Å². The van der Waals surface area contributed by atoms with Crippen molar-refractivity contribution in [2.75, 3.05) is 0 Å². The molecule has 1 amide bonds. The number of rotatable bonds is 5. The minimum absolute atomic E-state index is 0.0788. The Labute approximate surface area is 151 Å². The molecule has 0 bridgehead atoms. The van der Waals surface area contributed by atoms with Gasteiger partial charge in [-0.2, -0.15) is 10.5 Å². The average Bonchev–Trinajstić information content (AvgIpc) is 3.42. The van der Waals surface area contributed by atoms with Crippen LogP contribution in [0.15, 0.2) is 48.5 Å². The number of hydrogen-bond donors (Lipinski definition) is 1. The van der Waals surface area contributed by atoms with Gasteiger partial charge in [0, 0.05) is 5.92 Å². The van der Waals surface area contributed by atoms with E-state index >= 15 is 0 Å². The minimum atomic E-state index is -3.89. The maximum absolute atomic E-state index is 12.3. The zero-order valence-electron chi connectivity index (χ0n) is 13.7. The van der Waals surface area contributed by atoms with Crippen LogP contribution in [0.3, 0.4) is 0 Å². The molecule has 0 heterocycles. The van der Waals surface area contributed by atoms with Crippen LogP contribution < -0.4 is 4.72 Å². The first-order valence-corrected chi connectivity index (χ1v) is 9.61. The molecule has 2 atom stereocenters. The molecule has 2 aromatic rings. The molecule has 0 unspecified atom stereocenters. The van der Waals surface area contributed by atoms with Crippen molar-refractivity contribution >= 4 is 15.9 Å². The van der Waals surface area contributed by atoms with Gasteiger partial charge in [-0.05, 0) is 41.7 Å². The molecule has 1 fully saturated rings. The second-order valence-corrected chi connectivity index (χ2v) is 7.90. The van der Waals surface area contributed by atoms with Crippen LogP contribution in [0.4, 0.5) is 0 Å². The standard InChI is InChI=1S/C19H15N3O3S/c20-10-13-4-3-7-14(8-13)17-9-18(17)19(23)22-26(24,25)12-16-6-2-1-5-15(16)11-21/h1-8,17-18H,9,12H2,(H,22,23)/t17-,18+/m1/s1. The predicted octanol–water partition coefficient (Wildman–Crippen LogP) is 2.18. The molecule has 1 N–H and O–H groups in total. The zero-order chi connectivity index (χ0) is 18.7. The van der Waals surface area contributed by atoms with E-state index in [1.54, 1.807) is 36.4 Å². The highest BCUT2D eigenvalue weighted by Gasteiger charge is 2.45. The maximum atomic E-state index is 12.3. The first-order chi connectivity index (χ1) is 12.4. The molecule has 0 spiro atoms. The van der Waals surface area contributed by atoms with Crippen molar-refractivity contribution < 1.29 is 13.2 Å². The van der Waals surface area contributed by atoms with E-state index in [2.05, 4.69) is 4.72 Å². The van der Waals surface area contributed by atoms with Crippen LogP contribution in [0.25, 0.3) is 0 Å². The second kappa shape index (κ2) is 6.99. The van der Waals surface area contributed by atoms with Gasteiger partial charge in [-0.3, -0.25) is 9.52 Å². The highest BCUT2D eigenvalue weighted by atomic mass is 32.2. The summed E-state index contributed by atoms with van der Waals surface area (Å²) in [5, 5.41) is 18.0. The van der Waals surface area contributed by atoms with Crippen LogP contribution >= 0.6 is 0 Å². The summed E-state index contributed by atoms with van der Waals surface area (Å²) in [5.74, 6) is -1.48. The summed E-state index contributed by atoms with van der Waals surface area (Å²) in [5.41, 5.74) is 1.98. The average molecular weight is 365 g/mol. The number of nitrogens with zero attached hydrogens (tertiary/aromatic N) is 2. The van der Waals surface area contributed by atoms with E-state index in [0.717, 1.165) is 5.56 Å². The molecule has 1 saturated carbocycles. The zero-order valence-corrected chi connectivity index (χ0v) is 14.5. The summed E-state index contributed by atoms with van der Waals surface area (Å²) < 4.78 is 26.6. The number of nitrogens with one attached hydrogen (secondary N) is 1. The van der Waals surface area contributed by atoms with Gasteiger partial charge >= 0.3 is 0 Å². The summed E-state index contributed by atoms with van der Waals surface area (Å²) in [4.78, 5) is 12.3. The smallest absolute Gasteiger partial charge is 0.239 e. The van der Waals surface area contributed by atoms with Gasteiger partial charge in [0.05, 0.1) is 29.0 Å². The van der Waals surface area contributed by atoms with Gasteiger partial charge < -0.3 is 0 Å². The van der Waals surface area contributed by atoms with E-state index in [4.69, 9.17) is 10.5 Å². The van der Waals surface area contributed by atoms with Gasteiger partial charge in [0.25, 0.3) is 0 Å². The molecular formula is C19H15N3O3S. The van der Waals surface area contributed by atoms with Crippen LogP contribution in [-0.2, 0) is 20.6 Å². The van der Waals surface area contributed by atoms with Gasteiger partial charge in [0.1, 0.15) is 0 Å². The van der Waals surface area contributed by atoms with Crippen LogP contribution in [-0.4, -0.2) is 14.3 Å². The summed E-state index contributed by atoms with van der Waals surface area (Å²) in [7, 11) is -3.89. The summed E-state index contributed by atoms with van der Waals surface area (Å²) in [6, 6.07) is 17.3. The monoisotopic (exact) mass is 365 g/mol. The molecule has 6 nitrogen and oxygen atoms in total. The largest absolute Gasteiger partial charge is 0.274 e. The van der Waals surface area contributed by atoms with Gasteiger partial charge in [-0.25, -0.2) is 8.42 Å². The Morgan fingerprint density at radius 2 is 1.88 bits per heavy atom. The molecule has 7 heteroatoms. The lowest BCUT2D eigenvalue weighted by atomic mass is 10.1. The number of benzene rings is 2. The summed E-state index contributed by atoms with van der Waals surface area (Å²) >= 11 is 0. The summed E-state index contributed by atoms with van der Waals surface area (Å²) in [6.07, 6.45) is 0.547. The van der Waals surface area contributed by atoms with Crippen molar-refractivity contribution in [2.24, 2.45) is 5.92 Å². The van der Waals surface area contributed by atoms with Crippen molar-refractivity contribution in [3.05, 3.63) is 70.8 Å². The van der Waals surface area contributed by atoms with Gasteiger partial charge in [0.2, 0.25) is 15.9 Å². The highest BCUT2D eigenvalue weighted by Crippen LogP contribution is 2.47. The fourth-order valence-electron chi connectivity index (χ4n) is 2.92. The topological polar surface area (TPSA) is 111 Å². The van der Waals surface area contributed by atoms with Gasteiger partial charge in [-0.1, -0.05) is 30.3 Å². The predicted molar refractivity (Wildman–Crippen MR) is 93.9 cm³/mol. The van der Waals surface area contributed by atoms with Crippen LogP contribution in [0.2, 0.25) is 0 Å². The third kappa shape index (κ3) is 3.90. The van der Waals surface area contributed by atoms with Crippen molar-refractivity contribution in [1.82, 2.24) is 4.72 Å². The quantitative estimate of drug-likeness (QED) is 0.873. The Balaban J connectivity index is 1.67. The van der Waals surface area contributed by atoms with Crippen molar-refractivity contribution in [1.29, 1.82) is 10.5 Å². The SMILES string of the molecule is N#Cc1cccc([C@H]2C[C@@H]2C(=O)NS(=O)(=O)Cc2ccccc2C#N)c1. The fourth-order valence-corrected chi connectivity index (χ4v) is 4.11. The lowest BCUT2D eigenvalue weighted by Gasteiger charge is -2.08. The minimum Gasteiger partial charge on any atom is -0.274 e. The van der Waals surface area contributed by atoms with Gasteiger partial charge in [0.15, 0.2) is 0 Å². The van der Waals surface area contributed by atoms with Crippen molar-refractivity contribution in [2.45, 2.75) is 18.1 Å². The van der Waals surface area contributed by atoms with E-state index in [0.29, 0.717) is 17.5 Å². The molecule has 2 aromatic carbocycles. The van der Waals surface area contributed by atoms with Crippen molar-refractivity contribution in [3.63, 3.8) is 0 Å². The molecule has 1 aliphatic carbocycles. The first kappa shape index (κ1) is 17.7. The lowest BCUT2D eigenvalue weighted by molar-refractivity contribution is -0.120.